The maximum atomic E-state index is 12.6. The van der Waals surface area contributed by atoms with Gasteiger partial charge < -0.3 is 15.7 Å². The molecule has 2 aliphatic rings. The maximum Gasteiger partial charge on any atom is 0.225 e. The zero-order valence-electron chi connectivity index (χ0n) is 12.2. The van der Waals surface area contributed by atoms with Gasteiger partial charge in [-0.25, -0.2) is 0 Å². The first kappa shape index (κ1) is 14.8. The Balaban J connectivity index is 1.86. The molecule has 2 fully saturated rings. The summed E-state index contributed by atoms with van der Waals surface area (Å²) in [5.74, 6) is 0.390. The Bertz CT molecular complexity index is 305. The SMILES string of the molecule is CC(N)CCCC(C)C(=O)N1C2CCC1CC(O)C2. The fraction of sp³-hybridized carbons (Fsp3) is 0.933. The first-order chi connectivity index (χ1) is 8.99. The van der Waals surface area contributed by atoms with E-state index in [4.69, 9.17) is 5.73 Å². The molecule has 2 heterocycles. The quantitative estimate of drug-likeness (QED) is 0.797. The van der Waals surface area contributed by atoms with E-state index < -0.39 is 0 Å². The Morgan fingerprint density at radius 3 is 2.37 bits per heavy atom. The number of aliphatic hydroxyl groups excluding tert-OH is 1. The monoisotopic (exact) mass is 268 g/mol. The highest BCUT2D eigenvalue weighted by Gasteiger charge is 2.43. The van der Waals surface area contributed by atoms with Crippen LogP contribution in [-0.4, -0.2) is 40.1 Å². The van der Waals surface area contributed by atoms with Crippen molar-refractivity contribution in [3.05, 3.63) is 0 Å². The number of nitrogens with zero attached hydrogens (tertiary/aromatic N) is 1. The molecule has 0 aromatic rings. The van der Waals surface area contributed by atoms with Crippen LogP contribution in [0.3, 0.4) is 0 Å². The second kappa shape index (κ2) is 6.23. The summed E-state index contributed by atoms with van der Waals surface area (Å²) in [6, 6.07) is 0.804. The van der Waals surface area contributed by atoms with Gasteiger partial charge in [-0.05, 0) is 45.4 Å². The summed E-state index contributed by atoms with van der Waals surface area (Å²) in [5, 5.41) is 9.78. The van der Waals surface area contributed by atoms with Crippen molar-refractivity contribution in [1.82, 2.24) is 4.90 Å². The van der Waals surface area contributed by atoms with E-state index in [0.717, 1.165) is 44.9 Å². The van der Waals surface area contributed by atoms with Gasteiger partial charge in [0.2, 0.25) is 5.91 Å². The van der Waals surface area contributed by atoms with Gasteiger partial charge in [0.05, 0.1) is 6.10 Å². The number of aliphatic hydroxyl groups is 1. The summed E-state index contributed by atoms with van der Waals surface area (Å²) in [7, 11) is 0. The van der Waals surface area contributed by atoms with Gasteiger partial charge in [0.1, 0.15) is 0 Å². The predicted octanol–water partition coefficient (Wildman–Crippen LogP) is 1.65. The summed E-state index contributed by atoms with van der Waals surface area (Å²) in [6.45, 7) is 4.05. The zero-order valence-corrected chi connectivity index (χ0v) is 12.2. The third-order valence-corrected chi connectivity index (χ3v) is 4.68. The molecule has 4 unspecified atom stereocenters. The standard InChI is InChI=1S/C15H28N2O2/c1-10(4-3-5-11(2)16)15(19)17-12-6-7-13(17)9-14(18)8-12/h10-14,18H,3-9,16H2,1-2H3. The highest BCUT2D eigenvalue weighted by atomic mass is 16.3. The molecule has 1 amide bonds. The summed E-state index contributed by atoms with van der Waals surface area (Å²) in [6.07, 6.45) is 6.43. The molecule has 4 nitrogen and oxygen atoms in total. The van der Waals surface area contributed by atoms with Crippen molar-refractivity contribution in [1.29, 1.82) is 0 Å². The van der Waals surface area contributed by atoms with Crippen LogP contribution in [0.2, 0.25) is 0 Å². The normalized spacial score (nSPS) is 33.3. The minimum Gasteiger partial charge on any atom is -0.393 e. The van der Waals surface area contributed by atoms with Crippen LogP contribution in [0.25, 0.3) is 0 Å². The van der Waals surface area contributed by atoms with E-state index in [1.54, 1.807) is 0 Å². The van der Waals surface area contributed by atoms with Gasteiger partial charge >= 0.3 is 0 Å². The molecule has 2 bridgehead atoms. The first-order valence-corrected chi connectivity index (χ1v) is 7.75. The fourth-order valence-electron chi connectivity index (χ4n) is 3.63. The number of hydrogen-bond acceptors (Lipinski definition) is 3. The Labute approximate surface area is 116 Å². The number of carbonyl (C=O) groups is 1. The van der Waals surface area contributed by atoms with E-state index in [9.17, 15) is 9.90 Å². The van der Waals surface area contributed by atoms with Gasteiger partial charge in [-0.15, -0.1) is 0 Å². The number of carbonyl (C=O) groups excluding carboxylic acids is 1. The van der Waals surface area contributed by atoms with Crippen molar-refractivity contribution in [2.75, 3.05) is 0 Å². The number of piperidine rings is 1. The van der Waals surface area contributed by atoms with Crippen LogP contribution in [0.15, 0.2) is 0 Å². The molecule has 0 aliphatic carbocycles. The van der Waals surface area contributed by atoms with Crippen molar-refractivity contribution in [2.45, 2.75) is 83.0 Å². The van der Waals surface area contributed by atoms with Gasteiger partial charge in [0, 0.05) is 24.0 Å². The molecule has 0 spiro atoms. The largest absolute Gasteiger partial charge is 0.393 e. The van der Waals surface area contributed by atoms with Gasteiger partial charge in [0.15, 0.2) is 0 Å². The number of rotatable bonds is 5. The van der Waals surface area contributed by atoms with Crippen LogP contribution in [-0.2, 0) is 4.79 Å². The Kier molecular flexibility index (Phi) is 4.85. The smallest absolute Gasteiger partial charge is 0.225 e. The van der Waals surface area contributed by atoms with Gasteiger partial charge in [-0.3, -0.25) is 4.79 Å². The van der Waals surface area contributed by atoms with Crippen LogP contribution < -0.4 is 5.73 Å². The summed E-state index contributed by atoms with van der Waals surface area (Å²) in [4.78, 5) is 14.6. The van der Waals surface area contributed by atoms with Crippen LogP contribution in [0.1, 0.15) is 58.8 Å². The van der Waals surface area contributed by atoms with Gasteiger partial charge in [-0.2, -0.15) is 0 Å². The zero-order chi connectivity index (χ0) is 14.0. The molecule has 4 atom stereocenters. The molecule has 2 rings (SSSR count). The molecule has 110 valence electrons. The molecule has 19 heavy (non-hydrogen) atoms. The van der Waals surface area contributed by atoms with E-state index in [0.29, 0.717) is 5.91 Å². The van der Waals surface area contributed by atoms with Crippen molar-refractivity contribution >= 4 is 5.91 Å². The van der Waals surface area contributed by atoms with Crippen molar-refractivity contribution in [3.63, 3.8) is 0 Å². The predicted molar refractivity (Wildman–Crippen MR) is 75.6 cm³/mol. The average Bonchev–Trinajstić information content (AvgIpc) is 2.60. The highest BCUT2D eigenvalue weighted by molar-refractivity contribution is 5.79. The average molecular weight is 268 g/mol. The van der Waals surface area contributed by atoms with E-state index in [1.807, 2.05) is 13.8 Å². The molecule has 3 N–H and O–H groups in total. The Morgan fingerprint density at radius 1 is 1.26 bits per heavy atom. The molecule has 0 aromatic heterocycles. The van der Waals surface area contributed by atoms with Crippen molar-refractivity contribution < 1.29 is 9.90 Å². The maximum absolute atomic E-state index is 12.6. The van der Waals surface area contributed by atoms with Crippen molar-refractivity contribution in [2.24, 2.45) is 11.7 Å². The minimum absolute atomic E-state index is 0.0945. The lowest BCUT2D eigenvalue weighted by Gasteiger charge is -2.38. The fourth-order valence-corrected chi connectivity index (χ4v) is 3.63. The summed E-state index contributed by atoms with van der Waals surface area (Å²) in [5.41, 5.74) is 5.74. The molecule has 4 heteroatoms. The Morgan fingerprint density at radius 2 is 1.84 bits per heavy atom. The number of fused-ring (bicyclic) bond motifs is 2. The van der Waals surface area contributed by atoms with Gasteiger partial charge in [0.25, 0.3) is 0 Å². The van der Waals surface area contributed by atoms with Crippen LogP contribution >= 0.6 is 0 Å². The first-order valence-electron chi connectivity index (χ1n) is 7.75. The highest BCUT2D eigenvalue weighted by Crippen LogP contribution is 2.37. The third kappa shape index (κ3) is 3.48. The topological polar surface area (TPSA) is 66.6 Å². The van der Waals surface area contributed by atoms with E-state index in [1.165, 1.54) is 0 Å². The van der Waals surface area contributed by atoms with Crippen LogP contribution in [0.5, 0.6) is 0 Å². The van der Waals surface area contributed by atoms with Gasteiger partial charge in [-0.1, -0.05) is 13.3 Å². The second-order valence-electron chi connectivity index (χ2n) is 6.56. The summed E-state index contributed by atoms with van der Waals surface area (Å²) >= 11 is 0. The second-order valence-corrected chi connectivity index (χ2v) is 6.56. The van der Waals surface area contributed by atoms with E-state index in [2.05, 4.69) is 4.90 Å². The van der Waals surface area contributed by atoms with E-state index >= 15 is 0 Å². The lowest BCUT2D eigenvalue weighted by atomic mass is 9.95. The molecule has 2 saturated heterocycles. The van der Waals surface area contributed by atoms with Crippen LogP contribution in [0.4, 0.5) is 0 Å². The minimum atomic E-state index is -0.199. The number of amides is 1. The molecular weight excluding hydrogens is 240 g/mol. The molecule has 0 aromatic carbocycles. The van der Waals surface area contributed by atoms with Crippen molar-refractivity contribution in [3.8, 4) is 0 Å². The molecule has 2 aliphatic heterocycles. The lowest BCUT2D eigenvalue weighted by molar-refractivity contribution is -0.141. The number of hydrogen-bond donors (Lipinski definition) is 2. The molecular formula is C15H28N2O2. The third-order valence-electron chi connectivity index (χ3n) is 4.68. The molecule has 0 radical (unpaired) electrons. The summed E-state index contributed by atoms with van der Waals surface area (Å²) < 4.78 is 0. The lowest BCUT2D eigenvalue weighted by Crippen LogP contribution is -2.49. The van der Waals surface area contributed by atoms with Crippen LogP contribution in [0, 0.1) is 5.92 Å². The number of nitrogens with two attached hydrogens (primary N) is 1. The van der Waals surface area contributed by atoms with E-state index in [-0.39, 0.29) is 30.1 Å². The molecule has 0 saturated carbocycles. The Hall–Kier alpha value is -0.610.